The van der Waals surface area contributed by atoms with Crippen molar-refractivity contribution in [2.45, 2.75) is 13.3 Å². The summed E-state index contributed by atoms with van der Waals surface area (Å²) in [7, 11) is 1.96. The summed E-state index contributed by atoms with van der Waals surface area (Å²) in [6, 6.07) is 5.94. The van der Waals surface area contributed by atoms with Crippen molar-refractivity contribution in [1.82, 2.24) is 5.32 Å². The fourth-order valence-corrected chi connectivity index (χ4v) is 1.46. The van der Waals surface area contributed by atoms with Crippen LogP contribution in [0.2, 0.25) is 5.02 Å². The Labute approximate surface area is 90.7 Å². The molecule has 1 aromatic carbocycles. The molecule has 3 heteroatoms. The molecule has 2 N–H and O–H groups in total. The van der Waals surface area contributed by atoms with Crippen LogP contribution >= 0.6 is 11.6 Å². The smallest absolute Gasteiger partial charge is 0.0455 e. The second kappa shape index (κ2) is 5.89. The normalized spacial score (nSPS) is 10.2. The monoisotopic (exact) mass is 212 g/mol. The largest absolute Gasteiger partial charge is 0.385 e. The molecule has 0 atom stereocenters. The number of nitrogens with one attached hydrogen (secondary N) is 2. The molecule has 0 aliphatic heterocycles. The van der Waals surface area contributed by atoms with Gasteiger partial charge in [0, 0.05) is 17.3 Å². The molecule has 14 heavy (non-hydrogen) atoms. The number of hydrogen-bond donors (Lipinski definition) is 2. The van der Waals surface area contributed by atoms with Crippen molar-refractivity contribution in [3.63, 3.8) is 0 Å². The van der Waals surface area contributed by atoms with Crippen LogP contribution in [-0.4, -0.2) is 20.1 Å². The SMILES string of the molecule is CNCCCNc1cccc(Cl)c1C. The Kier molecular flexibility index (Phi) is 4.77. The van der Waals surface area contributed by atoms with E-state index in [4.69, 9.17) is 11.6 Å². The Bertz CT molecular complexity index is 287. The zero-order valence-electron chi connectivity index (χ0n) is 8.73. The first kappa shape index (κ1) is 11.3. The van der Waals surface area contributed by atoms with E-state index < -0.39 is 0 Å². The molecule has 0 heterocycles. The molecule has 0 aromatic heterocycles. The first-order valence-corrected chi connectivity index (χ1v) is 5.27. The Morgan fingerprint density at radius 3 is 2.79 bits per heavy atom. The van der Waals surface area contributed by atoms with Crippen molar-refractivity contribution in [1.29, 1.82) is 0 Å². The molecule has 0 saturated heterocycles. The fourth-order valence-electron chi connectivity index (χ4n) is 1.29. The van der Waals surface area contributed by atoms with Gasteiger partial charge in [-0.1, -0.05) is 17.7 Å². The van der Waals surface area contributed by atoms with Crippen LogP contribution in [-0.2, 0) is 0 Å². The first-order chi connectivity index (χ1) is 6.75. The minimum atomic E-state index is 0.823. The molecule has 0 bridgehead atoms. The summed E-state index contributed by atoms with van der Waals surface area (Å²) in [5, 5.41) is 7.30. The molecular weight excluding hydrogens is 196 g/mol. The maximum atomic E-state index is 6.00. The molecule has 0 radical (unpaired) electrons. The van der Waals surface area contributed by atoms with Crippen molar-refractivity contribution in [2.75, 3.05) is 25.5 Å². The molecule has 0 aliphatic rings. The lowest BCUT2D eigenvalue weighted by atomic mass is 10.2. The molecule has 0 saturated carbocycles. The number of rotatable bonds is 5. The summed E-state index contributed by atoms with van der Waals surface area (Å²) in [5.74, 6) is 0. The Hall–Kier alpha value is -0.730. The summed E-state index contributed by atoms with van der Waals surface area (Å²) in [6.07, 6.45) is 1.11. The quantitative estimate of drug-likeness (QED) is 0.734. The summed E-state index contributed by atoms with van der Waals surface area (Å²) in [4.78, 5) is 0. The van der Waals surface area contributed by atoms with Crippen molar-refractivity contribution >= 4 is 17.3 Å². The van der Waals surface area contributed by atoms with Gasteiger partial charge < -0.3 is 10.6 Å². The van der Waals surface area contributed by atoms with Gasteiger partial charge in [-0.25, -0.2) is 0 Å². The van der Waals surface area contributed by atoms with Crippen LogP contribution < -0.4 is 10.6 Å². The first-order valence-electron chi connectivity index (χ1n) is 4.89. The molecule has 78 valence electrons. The van der Waals surface area contributed by atoms with Crippen molar-refractivity contribution in [3.05, 3.63) is 28.8 Å². The van der Waals surface area contributed by atoms with Gasteiger partial charge in [-0.15, -0.1) is 0 Å². The second-order valence-corrected chi connectivity index (χ2v) is 3.70. The zero-order valence-corrected chi connectivity index (χ0v) is 9.49. The van der Waals surface area contributed by atoms with Crippen LogP contribution in [0.15, 0.2) is 18.2 Å². The maximum absolute atomic E-state index is 6.00. The highest BCUT2D eigenvalue weighted by atomic mass is 35.5. The third kappa shape index (κ3) is 3.20. The third-order valence-electron chi connectivity index (χ3n) is 2.19. The molecule has 0 unspecified atom stereocenters. The lowest BCUT2D eigenvalue weighted by Gasteiger charge is -2.10. The molecule has 2 nitrogen and oxygen atoms in total. The van der Waals surface area contributed by atoms with Gasteiger partial charge in [-0.3, -0.25) is 0 Å². The molecule has 1 rings (SSSR count). The van der Waals surface area contributed by atoms with E-state index in [-0.39, 0.29) is 0 Å². The summed E-state index contributed by atoms with van der Waals surface area (Å²) in [6.45, 7) is 4.04. The number of benzene rings is 1. The third-order valence-corrected chi connectivity index (χ3v) is 2.60. The molecule has 0 aliphatic carbocycles. The second-order valence-electron chi connectivity index (χ2n) is 3.30. The number of halogens is 1. The molecule has 0 fully saturated rings. The van der Waals surface area contributed by atoms with E-state index in [1.165, 1.54) is 0 Å². The Morgan fingerprint density at radius 2 is 2.07 bits per heavy atom. The number of anilines is 1. The van der Waals surface area contributed by atoms with Crippen LogP contribution in [0.25, 0.3) is 0 Å². The molecule has 1 aromatic rings. The average molecular weight is 213 g/mol. The van der Waals surface area contributed by atoms with Crippen molar-refractivity contribution in [2.24, 2.45) is 0 Å². The predicted molar refractivity (Wildman–Crippen MR) is 63.2 cm³/mol. The van der Waals surface area contributed by atoms with Crippen LogP contribution in [0.4, 0.5) is 5.69 Å². The number of hydrogen-bond acceptors (Lipinski definition) is 2. The standard InChI is InChI=1S/C11H17ClN2/c1-9-10(12)5-3-6-11(9)14-8-4-7-13-2/h3,5-6,13-14H,4,7-8H2,1-2H3. The highest BCUT2D eigenvalue weighted by molar-refractivity contribution is 6.31. The average Bonchev–Trinajstić information content (AvgIpc) is 2.19. The van der Waals surface area contributed by atoms with E-state index in [9.17, 15) is 0 Å². The predicted octanol–water partition coefficient (Wildman–Crippen LogP) is 2.67. The van der Waals surface area contributed by atoms with Gasteiger partial charge in [-0.05, 0) is 44.6 Å². The van der Waals surface area contributed by atoms with Crippen molar-refractivity contribution in [3.8, 4) is 0 Å². The van der Waals surface area contributed by atoms with E-state index in [2.05, 4.69) is 16.7 Å². The van der Waals surface area contributed by atoms with Gasteiger partial charge in [0.25, 0.3) is 0 Å². The summed E-state index contributed by atoms with van der Waals surface area (Å²) in [5.41, 5.74) is 2.26. The van der Waals surface area contributed by atoms with Gasteiger partial charge in [0.15, 0.2) is 0 Å². The van der Waals surface area contributed by atoms with Gasteiger partial charge in [0.2, 0.25) is 0 Å². The topological polar surface area (TPSA) is 24.1 Å². The van der Waals surface area contributed by atoms with Gasteiger partial charge in [0.05, 0.1) is 0 Å². The van der Waals surface area contributed by atoms with Crippen molar-refractivity contribution < 1.29 is 0 Å². The van der Waals surface area contributed by atoms with Crippen LogP contribution in [0.3, 0.4) is 0 Å². The van der Waals surface area contributed by atoms with Crippen LogP contribution in [0.5, 0.6) is 0 Å². The molecular formula is C11H17ClN2. The van der Waals surface area contributed by atoms with E-state index in [0.29, 0.717) is 0 Å². The van der Waals surface area contributed by atoms with Gasteiger partial charge in [0.1, 0.15) is 0 Å². The molecule has 0 amide bonds. The maximum Gasteiger partial charge on any atom is 0.0455 e. The van der Waals surface area contributed by atoms with Crippen LogP contribution in [0.1, 0.15) is 12.0 Å². The van der Waals surface area contributed by atoms with E-state index in [0.717, 1.165) is 35.8 Å². The Balaban J connectivity index is 2.46. The van der Waals surface area contributed by atoms with Gasteiger partial charge in [-0.2, -0.15) is 0 Å². The van der Waals surface area contributed by atoms with Crippen LogP contribution in [0, 0.1) is 6.92 Å². The minimum Gasteiger partial charge on any atom is -0.385 e. The fraction of sp³-hybridized carbons (Fsp3) is 0.455. The lowest BCUT2D eigenvalue weighted by molar-refractivity contribution is 0.748. The Morgan fingerprint density at radius 1 is 1.29 bits per heavy atom. The lowest BCUT2D eigenvalue weighted by Crippen LogP contribution is -2.13. The minimum absolute atomic E-state index is 0.823. The van der Waals surface area contributed by atoms with E-state index in [1.54, 1.807) is 0 Å². The summed E-state index contributed by atoms with van der Waals surface area (Å²) >= 11 is 6.00. The van der Waals surface area contributed by atoms with E-state index in [1.807, 2.05) is 26.1 Å². The van der Waals surface area contributed by atoms with Gasteiger partial charge >= 0.3 is 0 Å². The highest BCUT2D eigenvalue weighted by Gasteiger charge is 1.99. The zero-order chi connectivity index (χ0) is 10.4. The highest BCUT2D eigenvalue weighted by Crippen LogP contribution is 2.22. The van der Waals surface area contributed by atoms with E-state index >= 15 is 0 Å². The molecule has 0 spiro atoms. The summed E-state index contributed by atoms with van der Waals surface area (Å²) < 4.78 is 0.